The molecule has 0 atom stereocenters. The minimum Gasteiger partial charge on any atom is -0.279 e. The third-order valence-electron chi connectivity index (χ3n) is 8.50. The zero-order valence-corrected chi connectivity index (χ0v) is 26.5. The zero-order valence-electron chi connectivity index (χ0n) is 26.5. The van der Waals surface area contributed by atoms with Gasteiger partial charge in [0, 0.05) is 23.8 Å². The molecule has 44 heavy (non-hydrogen) atoms. The second-order valence-electron chi connectivity index (χ2n) is 11.9. The maximum Gasteiger partial charge on any atom is 0.242 e. The lowest BCUT2D eigenvalue weighted by atomic mass is 9.34. The highest BCUT2D eigenvalue weighted by atomic mass is 15.3. The van der Waals surface area contributed by atoms with Crippen LogP contribution in [0.25, 0.3) is 11.1 Å². The molecular formula is C40H38BN3. The smallest absolute Gasteiger partial charge is 0.242 e. The van der Waals surface area contributed by atoms with E-state index in [-0.39, 0.29) is 6.71 Å². The predicted octanol–water partition coefficient (Wildman–Crippen LogP) is 7.98. The molecule has 0 fully saturated rings. The molecule has 0 saturated heterocycles. The lowest BCUT2D eigenvalue weighted by molar-refractivity contribution is 1.08. The Morgan fingerprint density at radius 1 is 0.477 bits per heavy atom. The van der Waals surface area contributed by atoms with Crippen molar-refractivity contribution in [1.82, 2.24) is 9.97 Å². The summed E-state index contributed by atoms with van der Waals surface area (Å²) in [6.45, 7) is 13.5. The van der Waals surface area contributed by atoms with Crippen molar-refractivity contribution < 1.29 is 0 Å². The van der Waals surface area contributed by atoms with E-state index in [9.17, 15) is 0 Å². The lowest BCUT2D eigenvalue weighted by Gasteiger charge is -2.26. The van der Waals surface area contributed by atoms with Crippen molar-refractivity contribution >= 4 is 40.4 Å². The molecule has 6 rings (SSSR count). The van der Waals surface area contributed by atoms with Gasteiger partial charge in [-0.05, 0) is 83.0 Å². The molecule has 1 aromatic heterocycles. The van der Waals surface area contributed by atoms with Gasteiger partial charge in [0.1, 0.15) is 0 Å². The summed E-state index contributed by atoms with van der Waals surface area (Å²) < 4.78 is 0. The molecule has 0 aliphatic carbocycles. The van der Waals surface area contributed by atoms with Gasteiger partial charge in [-0.3, -0.25) is 4.90 Å². The minimum absolute atomic E-state index is 0.119. The average Bonchev–Trinajstić information content (AvgIpc) is 3.01. The summed E-state index contributed by atoms with van der Waals surface area (Å²) >= 11 is 0. The Balaban J connectivity index is 1.49. The predicted molar refractivity (Wildman–Crippen MR) is 188 cm³/mol. The SMILES string of the molecule is Cc1cc(C)c(B(c2ccc(N(c3cccc(-c4ccccc4)c3)c3ncccn3)cc2)c2c(C)cc(C)cc2C)c(C)c1. The number of nitrogens with zero attached hydrogens (tertiary/aromatic N) is 3. The van der Waals surface area contributed by atoms with Gasteiger partial charge in [-0.1, -0.05) is 129 Å². The van der Waals surface area contributed by atoms with Crippen molar-refractivity contribution in [3.05, 3.63) is 155 Å². The molecule has 6 aromatic rings. The number of rotatable bonds is 7. The first-order valence-electron chi connectivity index (χ1n) is 15.3. The Morgan fingerprint density at radius 2 is 1.00 bits per heavy atom. The number of aromatic nitrogens is 2. The molecule has 0 bridgehead atoms. The number of hydrogen-bond donors (Lipinski definition) is 0. The van der Waals surface area contributed by atoms with E-state index in [4.69, 9.17) is 0 Å². The summed E-state index contributed by atoms with van der Waals surface area (Å²) in [7, 11) is 0. The Morgan fingerprint density at radius 3 is 1.55 bits per heavy atom. The Kier molecular flexibility index (Phi) is 8.17. The van der Waals surface area contributed by atoms with Crippen LogP contribution in [0.2, 0.25) is 0 Å². The van der Waals surface area contributed by atoms with E-state index in [1.165, 1.54) is 55.3 Å². The Hall–Kier alpha value is -4.96. The fourth-order valence-corrected chi connectivity index (χ4v) is 6.83. The lowest BCUT2D eigenvalue weighted by Crippen LogP contribution is -2.55. The van der Waals surface area contributed by atoms with Gasteiger partial charge in [0.15, 0.2) is 0 Å². The van der Waals surface area contributed by atoms with Gasteiger partial charge in [0.2, 0.25) is 12.7 Å². The standard InChI is InChI=1S/C40H38BN3/c1-27-22-29(3)38(30(4)23-27)41(39-31(5)24-28(2)25-32(39)6)35-16-18-36(19-17-35)44(40-42-20-11-21-43-40)37-15-10-14-34(26-37)33-12-8-7-9-13-33/h7-26H,1-6H3. The van der Waals surface area contributed by atoms with Gasteiger partial charge < -0.3 is 0 Å². The van der Waals surface area contributed by atoms with Gasteiger partial charge in [0.25, 0.3) is 0 Å². The monoisotopic (exact) mass is 571 g/mol. The maximum absolute atomic E-state index is 4.66. The van der Waals surface area contributed by atoms with Crippen LogP contribution in [0.15, 0.2) is 122 Å². The van der Waals surface area contributed by atoms with Crippen molar-refractivity contribution in [2.75, 3.05) is 4.90 Å². The highest BCUT2D eigenvalue weighted by Crippen LogP contribution is 2.34. The van der Waals surface area contributed by atoms with E-state index in [1.54, 1.807) is 12.4 Å². The van der Waals surface area contributed by atoms with Crippen LogP contribution in [0.5, 0.6) is 0 Å². The molecule has 4 heteroatoms. The molecule has 0 radical (unpaired) electrons. The van der Waals surface area contributed by atoms with Crippen molar-refractivity contribution in [2.24, 2.45) is 0 Å². The van der Waals surface area contributed by atoms with E-state index in [2.05, 4.69) is 153 Å². The van der Waals surface area contributed by atoms with E-state index < -0.39 is 0 Å². The van der Waals surface area contributed by atoms with Gasteiger partial charge >= 0.3 is 0 Å². The third-order valence-corrected chi connectivity index (χ3v) is 8.50. The summed E-state index contributed by atoms with van der Waals surface area (Å²) in [6, 6.07) is 39.2. The fourth-order valence-electron chi connectivity index (χ4n) is 6.83. The summed E-state index contributed by atoms with van der Waals surface area (Å²) in [5.41, 5.74) is 16.3. The van der Waals surface area contributed by atoms with E-state index in [1.807, 2.05) is 12.1 Å². The van der Waals surface area contributed by atoms with Crippen LogP contribution in [0.3, 0.4) is 0 Å². The number of hydrogen-bond acceptors (Lipinski definition) is 3. The van der Waals surface area contributed by atoms with Crippen LogP contribution < -0.4 is 21.3 Å². The van der Waals surface area contributed by atoms with Gasteiger partial charge in [-0.2, -0.15) is 0 Å². The van der Waals surface area contributed by atoms with Crippen LogP contribution in [0, 0.1) is 41.5 Å². The molecule has 216 valence electrons. The normalized spacial score (nSPS) is 11.0. The summed E-state index contributed by atoms with van der Waals surface area (Å²) in [4.78, 5) is 11.5. The molecule has 1 heterocycles. The van der Waals surface area contributed by atoms with Crippen molar-refractivity contribution in [2.45, 2.75) is 41.5 Å². The van der Waals surface area contributed by atoms with Gasteiger partial charge in [-0.25, -0.2) is 9.97 Å². The van der Waals surface area contributed by atoms with E-state index in [0.29, 0.717) is 5.95 Å². The van der Waals surface area contributed by atoms with Crippen molar-refractivity contribution in [3.8, 4) is 11.1 Å². The van der Waals surface area contributed by atoms with E-state index >= 15 is 0 Å². The van der Waals surface area contributed by atoms with Crippen LogP contribution in [0.1, 0.15) is 33.4 Å². The fraction of sp³-hybridized carbons (Fsp3) is 0.150. The maximum atomic E-state index is 4.66. The van der Waals surface area contributed by atoms with Gasteiger partial charge in [-0.15, -0.1) is 0 Å². The number of anilines is 3. The van der Waals surface area contributed by atoms with Crippen molar-refractivity contribution in [1.29, 1.82) is 0 Å². The van der Waals surface area contributed by atoms with Crippen LogP contribution in [-0.4, -0.2) is 16.7 Å². The quantitative estimate of drug-likeness (QED) is 0.182. The molecule has 0 N–H and O–H groups in total. The molecule has 0 unspecified atom stereocenters. The molecule has 5 aromatic carbocycles. The first-order chi connectivity index (χ1) is 21.3. The summed E-state index contributed by atoms with van der Waals surface area (Å²) in [6.07, 6.45) is 3.60. The number of aryl methyl sites for hydroxylation is 6. The summed E-state index contributed by atoms with van der Waals surface area (Å²) in [5.74, 6) is 0.637. The second-order valence-corrected chi connectivity index (χ2v) is 11.9. The molecule has 3 nitrogen and oxygen atoms in total. The molecule has 0 aliphatic rings. The van der Waals surface area contributed by atoms with Crippen LogP contribution in [0.4, 0.5) is 17.3 Å². The van der Waals surface area contributed by atoms with Crippen molar-refractivity contribution in [3.63, 3.8) is 0 Å². The molecule has 0 saturated carbocycles. The molecule has 0 spiro atoms. The zero-order chi connectivity index (χ0) is 30.8. The van der Waals surface area contributed by atoms with Crippen LogP contribution >= 0.6 is 0 Å². The average molecular weight is 572 g/mol. The minimum atomic E-state index is 0.119. The second kappa shape index (κ2) is 12.3. The molecular weight excluding hydrogens is 533 g/mol. The highest BCUT2D eigenvalue weighted by Gasteiger charge is 2.28. The molecule has 0 amide bonds. The molecule has 0 aliphatic heterocycles. The largest absolute Gasteiger partial charge is 0.279 e. The Bertz CT molecular complexity index is 1810. The van der Waals surface area contributed by atoms with Gasteiger partial charge in [0.05, 0.1) is 0 Å². The summed E-state index contributed by atoms with van der Waals surface area (Å²) in [5, 5.41) is 0. The highest BCUT2D eigenvalue weighted by molar-refractivity contribution is 6.96. The first-order valence-corrected chi connectivity index (χ1v) is 15.3. The van der Waals surface area contributed by atoms with Crippen LogP contribution in [-0.2, 0) is 0 Å². The third kappa shape index (κ3) is 5.81. The first kappa shape index (κ1) is 29.1. The number of benzene rings is 5. The topological polar surface area (TPSA) is 29.0 Å². The Labute approximate surface area is 262 Å². The van der Waals surface area contributed by atoms with E-state index in [0.717, 1.165) is 16.9 Å².